The predicted molar refractivity (Wildman–Crippen MR) is 130 cm³/mol. The third kappa shape index (κ3) is 6.78. The van der Waals surface area contributed by atoms with E-state index < -0.39 is 0 Å². The van der Waals surface area contributed by atoms with Crippen molar-refractivity contribution in [2.24, 2.45) is 0 Å². The van der Waals surface area contributed by atoms with Gasteiger partial charge in [0.25, 0.3) is 0 Å². The van der Waals surface area contributed by atoms with E-state index in [9.17, 15) is 4.79 Å². The predicted octanol–water partition coefficient (Wildman–Crippen LogP) is 3.70. The highest BCUT2D eigenvalue weighted by molar-refractivity contribution is 6.30. The number of amides is 1. The molecule has 168 valence electrons. The first kappa shape index (κ1) is 22.3. The molecule has 0 unspecified atom stereocenters. The second kappa shape index (κ2) is 11.1. The fourth-order valence-corrected chi connectivity index (χ4v) is 3.26. The van der Waals surface area contributed by atoms with Gasteiger partial charge >= 0.3 is 0 Å². The number of hydrogen-bond acceptors (Lipinski definition) is 6. The summed E-state index contributed by atoms with van der Waals surface area (Å²) in [4.78, 5) is 25.5. The fourth-order valence-electron chi connectivity index (χ4n) is 3.13. The topological polar surface area (TPSA) is 96.8 Å². The summed E-state index contributed by atoms with van der Waals surface area (Å²) in [6.45, 7) is 1.18. The Labute approximate surface area is 197 Å². The van der Waals surface area contributed by atoms with Crippen molar-refractivity contribution in [1.82, 2.24) is 24.8 Å². The van der Waals surface area contributed by atoms with E-state index in [1.807, 2.05) is 30.3 Å². The average molecular weight is 462 g/mol. The van der Waals surface area contributed by atoms with Gasteiger partial charge in [-0.2, -0.15) is 9.97 Å². The summed E-state index contributed by atoms with van der Waals surface area (Å²) < 4.78 is 1.79. The van der Waals surface area contributed by atoms with E-state index in [1.165, 1.54) is 5.56 Å². The Morgan fingerprint density at radius 1 is 0.970 bits per heavy atom. The molecule has 4 rings (SSSR count). The van der Waals surface area contributed by atoms with Gasteiger partial charge in [0.1, 0.15) is 18.0 Å². The van der Waals surface area contributed by atoms with Crippen molar-refractivity contribution in [3.63, 3.8) is 0 Å². The van der Waals surface area contributed by atoms with Crippen molar-refractivity contribution in [3.8, 4) is 5.82 Å². The van der Waals surface area contributed by atoms with Crippen molar-refractivity contribution in [2.45, 2.75) is 13.0 Å². The normalized spacial score (nSPS) is 10.6. The molecule has 0 bridgehead atoms. The number of nitrogens with zero attached hydrogens (tertiary/aromatic N) is 4. The van der Waals surface area contributed by atoms with Crippen molar-refractivity contribution >= 4 is 29.3 Å². The van der Waals surface area contributed by atoms with Gasteiger partial charge in [0, 0.05) is 36.6 Å². The van der Waals surface area contributed by atoms with E-state index in [2.05, 4.69) is 43.0 Å². The van der Waals surface area contributed by atoms with Crippen LogP contribution in [0.5, 0.6) is 0 Å². The van der Waals surface area contributed by atoms with Gasteiger partial charge in [-0.1, -0.05) is 54.1 Å². The van der Waals surface area contributed by atoms with Gasteiger partial charge in [0.2, 0.25) is 11.9 Å². The third-order valence-electron chi connectivity index (χ3n) is 4.85. The second-order valence-corrected chi connectivity index (χ2v) is 7.76. The highest BCUT2D eigenvalue weighted by atomic mass is 35.5. The molecule has 1 amide bonds. The second-order valence-electron chi connectivity index (χ2n) is 7.32. The molecule has 4 aromatic rings. The van der Waals surface area contributed by atoms with Crippen molar-refractivity contribution in [1.29, 1.82) is 0 Å². The Hall–Kier alpha value is -3.91. The molecule has 0 aliphatic carbocycles. The minimum Gasteiger partial charge on any atom is -0.361 e. The van der Waals surface area contributed by atoms with Gasteiger partial charge in [-0.25, -0.2) is 4.98 Å². The number of nitrogens with one attached hydrogen (secondary N) is 3. The number of benzene rings is 2. The van der Waals surface area contributed by atoms with Crippen LogP contribution < -0.4 is 16.0 Å². The lowest BCUT2D eigenvalue weighted by molar-refractivity contribution is -0.119. The standard InChI is InChI=1S/C24H24ClN7O/c25-20-8-6-19(7-9-20)15-29-23(33)16-28-21-14-22(32-13-12-26-17-32)31-24(30-21)27-11-10-18-4-2-1-3-5-18/h1-9,12-14,17H,10-11,15-16H2,(H,29,33)(H2,27,28,30,31). The molecule has 0 saturated carbocycles. The minimum absolute atomic E-state index is 0.0808. The Bertz CT molecular complexity index is 1170. The van der Waals surface area contributed by atoms with Gasteiger partial charge in [-0.3, -0.25) is 9.36 Å². The van der Waals surface area contributed by atoms with Crippen LogP contribution in [0, 0.1) is 0 Å². The molecule has 0 radical (unpaired) electrons. The van der Waals surface area contributed by atoms with E-state index in [4.69, 9.17) is 11.6 Å². The third-order valence-corrected chi connectivity index (χ3v) is 5.11. The molecule has 2 heterocycles. The molecule has 0 saturated heterocycles. The quantitative estimate of drug-likeness (QED) is 0.333. The maximum atomic E-state index is 12.3. The smallest absolute Gasteiger partial charge is 0.239 e. The average Bonchev–Trinajstić information content (AvgIpc) is 3.38. The zero-order valence-electron chi connectivity index (χ0n) is 17.9. The Kier molecular flexibility index (Phi) is 7.50. The van der Waals surface area contributed by atoms with E-state index in [1.54, 1.807) is 41.5 Å². The first-order chi connectivity index (χ1) is 16.2. The maximum absolute atomic E-state index is 12.3. The molecule has 0 fully saturated rings. The fraction of sp³-hybridized carbons (Fsp3) is 0.167. The Morgan fingerprint density at radius 2 is 1.79 bits per heavy atom. The zero-order valence-corrected chi connectivity index (χ0v) is 18.7. The molecule has 0 atom stereocenters. The SMILES string of the molecule is O=C(CNc1cc(-n2ccnc2)nc(NCCc2ccccc2)n1)NCc1ccc(Cl)cc1. The molecule has 3 N–H and O–H groups in total. The first-order valence-electron chi connectivity index (χ1n) is 10.6. The number of carbonyl (C=O) groups is 1. The monoisotopic (exact) mass is 461 g/mol. The molecule has 9 heteroatoms. The van der Waals surface area contributed by atoms with Gasteiger partial charge in [0.15, 0.2) is 0 Å². The zero-order chi connectivity index (χ0) is 22.9. The van der Waals surface area contributed by atoms with Crippen LogP contribution in [0.15, 0.2) is 79.4 Å². The van der Waals surface area contributed by atoms with Crippen LogP contribution >= 0.6 is 11.6 Å². The van der Waals surface area contributed by atoms with E-state index in [0.717, 1.165) is 12.0 Å². The van der Waals surface area contributed by atoms with Crippen molar-refractivity contribution in [3.05, 3.63) is 95.5 Å². The summed E-state index contributed by atoms with van der Waals surface area (Å²) >= 11 is 5.90. The van der Waals surface area contributed by atoms with Crippen LogP contribution in [0.3, 0.4) is 0 Å². The summed E-state index contributed by atoms with van der Waals surface area (Å²) in [5.74, 6) is 1.51. The number of halogens is 1. The molecule has 33 heavy (non-hydrogen) atoms. The van der Waals surface area contributed by atoms with Crippen LogP contribution in [0.1, 0.15) is 11.1 Å². The number of carbonyl (C=O) groups excluding carboxylic acids is 1. The summed E-state index contributed by atoms with van der Waals surface area (Å²) in [5, 5.41) is 9.89. The summed E-state index contributed by atoms with van der Waals surface area (Å²) in [5.41, 5.74) is 2.20. The van der Waals surface area contributed by atoms with Gasteiger partial charge in [-0.05, 0) is 29.7 Å². The molecule has 2 aromatic carbocycles. The molecule has 0 spiro atoms. The van der Waals surface area contributed by atoms with E-state index >= 15 is 0 Å². The molecule has 0 aliphatic heterocycles. The van der Waals surface area contributed by atoms with Crippen LogP contribution in [0.2, 0.25) is 5.02 Å². The van der Waals surface area contributed by atoms with Crippen LogP contribution in [-0.4, -0.2) is 38.5 Å². The molecule has 2 aromatic heterocycles. The van der Waals surface area contributed by atoms with Crippen LogP contribution in [0.25, 0.3) is 5.82 Å². The minimum atomic E-state index is -0.147. The van der Waals surface area contributed by atoms with E-state index in [0.29, 0.717) is 35.7 Å². The lowest BCUT2D eigenvalue weighted by Gasteiger charge is -2.12. The molecule has 0 aliphatic rings. The summed E-state index contributed by atoms with van der Waals surface area (Å²) in [7, 11) is 0. The number of aromatic nitrogens is 4. The highest BCUT2D eigenvalue weighted by Crippen LogP contribution is 2.14. The first-order valence-corrected chi connectivity index (χ1v) is 10.9. The number of hydrogen-bond donors (Lipinski definition) is 3. The van der Waals surface area contributed by atoms with Crippen molar-refractivity contribution in [2.75, 3.05) is 23.7 Å². The number of imidazole rings is 1. The van der Waals surface area contributed by atoms with Gasteiger partial charge in [0.05, 0.1) is 6.54 Å². The largest absolute Gasteiger partial charge is 0.361 e. The van der Waals surface area contributed by atoms with Crippen molar-refractivity contribution < 1.29 is 4.79 Å². The molecular formula is C24H24ClN7O. The van der Waals surface area contributed by atoms with Gasteiger partial charge < -0.3 is 16.0 Å². The number of anilines is 2. The molecular weight excluding hydrogens is 438 g/mol. The number of rotatable bonds is 10. The van der Waals surface area contributed by atoms with Crippen LogP contribution in [0.4, 0.5) is 11.8 Å². The van der Waals surface area contributed by atoms with E-state index in [-0.39, 0.29) is 12.5 Å². The maximum Gasteiger partial charge on any atom is 0.239 e. The lowest BCUT2D eigenvalue weighted by Crippen LogP contribution is -2.29. The highest BCUT2D eigenvalue weighted by Gasteiger charge is 2.08. The summed E-state index contributed by atoms with van der Waals surface area (Å²) in [6, 6.07) is 19.3. The van der Waals surface area contributed by atoms with Crippen LogP contribution in [-0.2, 0) is 17.8 Å². The lowest BCUT2D eigenvalue weighted by atomic mass is 10.1. The Balaban J connectivity index is 1.37. The molecule has 8 nitrogen and oxygen atoms in total. The van der Waals surface area contributed by atoms with Gasteiger partial charge in [-0.15, -0.1) is 0 Å². The summed E-state index contributed by atoms with van der Waals surface area (Å²) in [6.07, 6.45) is 5.99. The Morgan fingerprint density at radius 3 is 2.55 bits per heavy atom.